The Labute approximate surface area is 158 Å². The van der Waals surface area contributed by atoms with Gasteiger partial charge in [-0.3, -0.25) is 9.59 Å². The third-order valence-electron chi connectivity index (χ3n) is 4.48. The summed E-state index contributed by atoms with van der Waals surface area (Å²) >= 11 is 1.65. The molecule has 0 atom stereocenters. The second kappa shape index (κ2) is 9.43. The summed E-state index contributed by atoms with van der Waals surface area (Å²) in [5, 5.41) is 5.97. The van der Waals surface area contributed by atoms with E-state index in [0.29, 0.717) is 23.4 Å². The van der Waals surface area contributed by atoms with Crippen molar-refractivity contribution in [3.63, 3.8) is 0 Å². The summed E-state index contributed by atoms with van der Waals surface area (Å²) in [6.07, 6.45) is 4.82. The molecule has 1 fully saturated rings. The molecular formula is C21H24N2O2S. The van der Waals surface area contributed by atoms with Gasteiger partial charge >= 0.3 is 0 Å². The number of para-hydroxylation sites is 1. The summed E-state index contributed by atoms with van der Waals surface area (Å²) in [4.78, 5) is 26.0. The van der Waals surface area contributed by atoms with Gasteiger partial charge in [-0.05, 0) is 37.1 Å². The van der Waals surface area contributed by atoms with Crippen LogP contribution in [0.4, 0.5) is 5.69 Å². The SMILES string of the molecule is O=C(CCSc1ccccc1)Nc1ccccc1C(=O)NC1CCCC1. The van der Waals surface area contributed by atoms with Crippen LogP contribution < -0.4 is 10.6 Å². The topological polar surface area (TPSA) is 58.2 Å². The number of amides is 2. The maximum absolute atomic E-state index is 12.5. The summed E-state index contributed by atoms with van der Waals surface area (Å²) in [5.41, 5.74) is 1.11. The minimum atomic E-state index is -0.105. The average molecular weight is 369 g/mol. The lowest BCUT2D eigenvalue weighted by Gasteiger charge is -2.15. The number of benzene rings is 2. The first-order valence-electron chi connectivity index (χ1n) is 9.10. The van der Waals surface area contributed by atoms with Gasteiger partial charge in [0.1, 0.15) is 0 Å². The molecule has 0 aliphatic heterocycles. The van der Waals surface area contributed by atoms with E-state index < -0.39 is 0 Å². The maximum Gasteiger partial charge on any atom is 0.253 e. The monoisotopic (exact) mass is 368 g/mol. The van der Waals surface area contributed by atoms with Crippen molar-refractivity contribution in [3.05, 3.63) is 60.2 Å². The largest absolute Gasteiger partial charge is 0.349 e. The fourth-order valence-corrected chi connectivity index (χ4v) is 3.99. The molecule has 5 heteroatoms. The smallest absolute Gasteiger partial charge is 0.253 e. The summed E-state index contributed by atoms with van der Waals surface area (Å²) in [7, 11) is 0. The maximum atomic E-state index is 12.5. The van der Waals surface area contributed by atoms with Crippen LogP contribution in [0.3, 0.4) is 0 Å². The van der Waals surface area contributed by atoms with E-state index in [4.69, 9.17) is 0 Å². The van der Waals surface area contributed by atoms with E-state index in [1.807, 2.05) is 42.5 Å². The predicted octanol–water partition coefficient (Wildman–Crippen LogP) is 4.48. The highest BCUT2D eigenvalue weighted by molar-refractivity contribution is 7.99. The first kappa shape index (κ1) is 18.5. The summed E-state index contributed by atoms with van der Waals surface area (Å²) in [6.45, 7) is 0. The summed E-state index contributed by atoms with van der Waals surface area (Å²) in [5.74, 6) is 0.521. The van der Waals surface area contributed by atoms with Crippen LogP contribution in [0.2, 0.25) is 0 Å². The van der Waals surface area contributed by atoms with E-state index in [1.54, 1.807) is 23.9 Å². The van der Waals surface area contributed by atoms with Crippen molar-refractivity contribution in [2.24, 2.45) is 0 Å². The Kier molecular flexibility index (Phi) is 6.72. The molecule has 2 N–H and O–H groups in total. The summed E-state index contributed by atoms with van der Waals surface area (Å²) in [6, 6.07) is 17.5. The van der Waals surface area contributed by atoms with Crippen LogP contribution in [0.5, 0.6) is 0 Å². The second-order valence-electron chi connectivity index (χ2n) is 6.46. The van der Waals surface area contributed by atoms with Gasteiger partial charge < -0.3 is 10.6 Å². The lowest BCUT2D eigenvalue weighted by Crippen LogP contribution is -2.33. The van der Waals surface area contributed by atoms with Crippen molar-refractivity contribution in [1.29, 1.82) is 0 Å². The van der Waals surface area contributed by atoms with E-state index in [1.165, 1.54) is 12.8 Å². The molecule has 136 valence electrons. The van der Waals surface area contributed by atoms with Crippen LogP contribution in [0.25, 0.3) is 0 Å². The van der Waals surface area contributed by atoms with E-state index in [2.05, 4.69) is 10.6 Å². The molecule has 0 heterocycles. The molecule has 1 aliphatic rings. The highest BCUT2D eigenvalue weighted by atomic mass is 32.2. The Bertz CT molecular complexity index is 743. The van der Waals surface area contributed by atoms with Crippen molar-refractivity contribution in [1.82, 2.24) is 5.32 Å². The normalized spacial score (nSPS) is 14.2. The van der Waals surface area contributed by atoms with Crippen LogP contribution in [0.15, 0.2) is 59.5 Å². The van der Waals surface area contributed by atoms with Gasteiger partial charge in [-0.2, -0.15) is 0 Å². The predicted molar refractivity (Wildman–Crippen MR) is 107 cm³/mol. The van der Waals surface area contributed by atoms with E-state index in [0.717, 1.165) is 17.7 Å². The number of anilines is 1. The van der Waals surface area contributed by atoms with Crippen molar-refractivity contribution in [2.75, 3.05) is 11.1 Å². The Morgan fingerprint density at radius 3 is 2.42 bits per heavy atom. The van der Waals surface area contributed by atoms with E-state index in [9.17, 15) is 9.59 Å². The molecule has 0 aromatic heterocycles. The zero-order chi connectivity index (χ0) is 18.2. The lowest BCUT2D eigenvalue weighted by molar-refractivity contribution is -0.115. The number of hydrogen-bond donors (Lipinski definition) is 2. The van der Waals surface area contributed by atoms with Crippen LogP contribution in [-0.2, 0) is 4.79 Å². The molecule has 2 aromatic carbocycles. The summed E-state index contributed by atoms with van der Waals surface area (Å²) < 4.78 is 0. The molecule has 0 saturated heterocycles. The Morgan fingerprint density at radius 2 is 1.65 bits per heavy atom. The van der Waals surface area contributed by atoms with Crippen LogP contribution >= 0.6 is 11.8 Å². The van der Waals surface area contributed by atoms with Gasteiger partial charge in [-0.15, -0.1) is 11.8 Å². The molecule has 1 aliphatic carbocycles. The molecule has 0 unspecified atom stereocenters. The first-order valence-corrected chi connectivity index (χ1v) is 10.1. The number of rotatable bonds is 7. The second-order valence-corrected chi connectivity index (χ2v) is 7.63. The number of hydrogen-bond acceptors (Lipinski definition) is 3. The zero-order valence-corrected chi connectivity index (χ0v) is 15.6. The van der Waals surface area contributed by atoms with Gasteiger partial charge in [0.2, 0.25) is 5.91 Å². The van der Waals surface area contributed by atoms with E-state index in [-0.39, 0.29) is 17.9 Å². The van der Waals surface area contributed by atoms with Crippen LogP contribution in [0, 0.1) is 0 Å². The van der Waals surface area contributed by atoms with Crippen molar-refractivity contribution in [3.8, 4) is 0 Å². The molecule has 1 saturated carbocycles. The van der Waals surface area contributed by atoms with Gasteiger partial charge in [0, 0.05) is 23.1 Å². The van der Waals surface area contributed by atoms with Gasteiger partial charge in [0.15, 0.2) is 0 Å². The Balaban J connectivity index is 1.53. The molecule has 2 amide bonds. The van der Waals surface area contributed by atoms with Crippen LogP contribution in [-0.4, -0.2) is 23.6 Å². The number of carbonyl (C=O) groups excluding carboxylic acids is 2. The molecule has 3 rings (SSSR count). The number of thioether (sulfide) groups is 1. The van der Waals surface area contributed by atoms with Gasteiger partial charge in [0.05, 0.1) is 11.3 Å². The number of carbonyl (C=O) groups is 2. The Morgan fingerprint density at radius 1 is 0.962 bits per heavy atom. The highest BCUT2D eigenvalue weighted by Gasteiger charge is 2.20. The quantitative estimate of drug-likeness (QED) is 0.709. The molecule has 0 spiro atoms. The third-order valence-corrected chi connectivity index (χ3v) is 5.49. The zero-order valence-electron chi connectivity index (χ0n) is 14.7. The minimum absolute atomic E-state index is 0.0745. The standard InChI is InChI=1S/C21H24N2O2S/c24-20(14-15-26-17-10-2-1-3-11-17)23-19-13-7-6-12-18(19)21(25)22-16-8-4-5-9-16/h1-3,6-7,10-13,16H,4-5,8-9,14-15H2,(H,22,25)(H,23,24). The first-order chi connectivity index (χ1) is 12.7. The van der Waals surface area contributed by atoms with Crippen molar-refractivity contribution >= 4 is 29.3 Å². The van der Waals surface area contributed by atoms with Crippen molar-refractivity contribution in [2.45, 2.75) is 43.0 Å². The van der Waals surface area contributed by atoms with Crippen molar-refractivity contribution < 1.29 is 9.59 Å². The average Bonchev–Trinajstić information content (AvgIpc) is 3.16. The van der Waals surface area contributed by atoms with Gasteiger partial charge in [-0.1, -0.05) is 43.2 Å². The molecule has 0 radical (unpaired) electrons. The molecule has 4 nitrogen and oxygen atoms in total. The highest BCUT2D eigenvalue weighted by Crippen LogP contribution is 2.21. The minimum Gasteiger partial charge on any atom is -0.349 e. The molecule has 0 bridgehead atoms. The fourth-order valence-electron chi connectivity index (χ4n) is 3.11. The Hall–Kier alpha value is -2.27. The number of nitrogens with one attached hydrogen (secondary N) is 2. The molecule has 26 heavy (non-hydrogen) atoms. The van der Waals surface area contributed by atoms with Gasteiger partial charge in [-0.25, -0.2) is 0 Å². The van der Waals surface area contributed by atoms with Crippen LogP contribution in [0.1, 0.15) is 42.5 Å². The molecule has 2 aromatic rings. The fraction of sp³-hybridized carbons (Fsp3) is 0.333. The lowest BCUT2D eigenvalue weighted by atomic mass is 10.1. The molecular weight excluding hydrogens is 344 g/mol. The third kappa shape index (κ3) is 5.36. The van der Waals surface area contributed by atoms with E-state index >= 15 is 0 Å². The van der Waals surface area contributed by atoms with Gasteiger partial charge in [0.25, 0.3) is 5.91 Å².